The van der Waals surface area contributed by atoms with Gasteiger partial charge in [-0.1, -0.05) is 0 Å². The van der Waals surface area contributed by atoms with Gasteiger partial charge < -0.3 is 9.64 Å². The summed E-state index contributed by atoms with van der Waals surface area (Å²) in [7, 11) is 0. The SMILES string of the molecule is C[C@H]1CN(C(=O)CCn2cncn2)C[C@H](C)O1. The van der Waals surface area contributed by atoms with E-state index in [0.717, 1.165) is 0 Å². The summed E-state index contributed by atoms with van der Waals surface area (Å²) in [5.74, 6) is 0.155. The maximum atomic E-state index is 12.0. The third-order valence-corrected chi connectivity index (χ3v) is 2.79. The van der Waals surface area contributed by atoms with Gasteiger partial charge in [-0.25, -0.2) is 4.98 Å². The highest BCUT2D eigenvalue weighted by molar-refractivity contribution is 5.76. The summed E-state index contributed by atoms with van der Waals surface area (Å²) in [4.78, 5) is 17.7. The summed E-state index contributed by atoms with van der Waals surface area (Å²) in [6.07, 6.45) is 3.80. The lowest BCUT2D eigenvalue weighted by Crippen LogP contribution is -2.48. The molecule has 0 N–H and O–H groups in total. The Labute approximate surface area is 101 Å². The number of hydrogen-bond donors (Lipinski definition) is 0. The number of carbonyl (C=O) groups is 1. The van der Waals surface area contributed by atoms with Crippen molar-refractivity contribution < 1.29 is 9.53 Å². The number of nitrogens with zero attached hydrogens (tertiary/aromatic N) is 4. The second-order valence-electron chi connectivity index (χ2n) is 4.46. The number of aromatic nitrogens is 3. The first-order valence-electron chi connectivity index (χ1n) is 5.91. The van der Waals surface area contributed by atoms with Gasteiger partial charge in [-0.05, 0) is 13.8 Å². The highest BCUT2D eigenvalue weighted by Crippen LogP contribution is 2.11. The molecule has 1 aromatic rings. The smallest absolute Gasteiger partial charge is 0.224 e. The highest BCUT2D eigenvalue weighted by Gasteiger charge is 2.25. The molecule has 2 rings (SSSR count). The first-order valence-corrected chi connectivity index (χ1v) is 5.91. The van der Waals surface area contributed by atoms with E-state index in [0.29, 0.717) is 26.1 Å². The molecule has 0 spiro atoms. The van der Waals surface area contributed by atoms with Crippen molar-refractivity contribution >= 4 is 5.91 Å². The third-order valence-electron chi connectivity index (χ3n) is 2.79. The number of rotatable bonds is 3. The van der Waals surface area contributed by atoms with Crippen LogP contribution in [0.5, 0.6) is 0 Å². The molecule has 2 atom stereocenters. The van der Waals surface area contributed by atoms with Crippen molar-refractivity contribution in [3.63, 3.8) is 0 Å². The van der Waals surface area contributed by atoms with Gasteiger partial charge in [0.15, 0.2) is 0 Å². The van der Waals surface area contributed by atoms with Crippen LogP contribution < -0.4 is 0 Å². The number of morpholine rings is 1. The van der Waals surface area contributed by atoms with Crippen LogP contribution in [0.15, 0.2) is 12.7 Å². The van der Waals surface area contributed by atoms with Crippen molar-refractivity contribution in [1.82, 2.24) is 19.7 Å². The Morgan fingerprint density at radius 1 is 1.41 bits per heavy atom. The lowest BCUT2D eigenvalue weighted by Gasteiger charge is -2.35. The van der Waals surface area contributed by atoms with E-state index >= 15 is 0 Å². The molecular formula is C11H18N4O2. The summed E-state index contributed by atoms with van der Waals surface area (Å²) in [6.45, 7) is 5.93. The first-order chi connectivity index (χ1) is 8.15. The standard InChI is InChI=1S/C11H18N4O2/c1-9-5-14(6-10(2)17-9)11(16)3-4-15-8-12-7-13-15/h7-10H,3-6H2,1-2H3/t9-,10-/m0/s1. The average molecular weight is 238 g/mol. The van der Waals surface area contributed by atoms with Gasteiger partial charge in [0, 0.05) is 19.5 Å². The molecule has 0 radical (unpaired) electrons. The fourth-order valence-electron chi connectivity index (χ4n) is 2.10. The summed E-state index contributed by atoms with van der Waals surface area (Å²) in [6, 6.07) is 0. The molecule has 6 heteroatoms. The van der Waals surface area contributed by atoms with Gasteiger partial charge in [0.25, 0.3) is 0 Å². The Hall–Kier alpha value is -1.43. The highest BCUT2D eigenvalue weighted by atomic mass is 16.5. The van der Waals surface area contributed by atoms with Crippen LogP contribution in [0, 0.1) is 0 Å². The Morgan fingerprint density at radius 2 is 2.12 bits per heavy atom. The van der Waals surface area contributed by atoms with Crippen molar-refractivity contribution in [2.75, 3.05) is 13.1 Å². The normalized spacial score (nSPS) is 24.9. The zero-order valence-electron chi connectivity index (χ0n) is 10.2. The predicted molar refractivity (Wildman–Crippen MR) is 61.2 cm³/mol. The molecule has 0 saturated carbocycles. The minimum Gasteiger partial charge on any atom is -0.372 e. The van der Waals surface area contributed by atoms with Gasteiger partial charge in [0.2, 0.25) is 5.91 Å². The maximum Gasteiger partial charge on any atom is 0.224 e. The monoisotopic (exact) mass is 238 g/mol. The Morgan fingerprint density at radius 3 is 2.71 bits per heavy atom. The van der Waals surface area contributed by atoms with Gasteiger partial charge in [0.1, 0.15) is 12.7 Å². The van der Waals surface area contributed by atoms with Gasteiger partial charge in [-0.3, -0.25) is 9.48 Å². The molecule has 1 amide bonds. The van der Waals surface area contributed by atoms with Crippen LogP contribution in [0.3, 0.4) is 0 Å². The number of aryl methyl sites for hydroxylation is 1. The fraction of sp³-hybridized carbons (Fsp3) is 0.727. The van der Waals surface area contributed by atoms with Crippen molar-refractivity contribution in [3.8, 4) is 0 Å². The van der Waals surface area contributed by atoms with Crippen LogP contribution in [0.4, 0.5) is 0 Å². The molecule has 6 nitrogen and oxygen atoms in total. The molecule has 1 aliphatic heterocycles. The van der Waals surface area contributed by atoms with E-state index in [1.165, 1.54) is 6.33 Å². The van der Waals surface area contributed by atoms with E-state index in [1.807, 2.05) is 18.7 Å². The van der Waals surface area contributed by atoms with Gasteiger partial charge in [-0.2, -0.15) is 5.10 Å². The van der Waals surface area contributed by atoms with Crippen LogP contribution in [0.1, 0.15) is 20.3 Å². The van der Waals surface area contributed by atoms with Crippen LogP contribution in [0.2, 0.25) is 0 Å². The number of hydrogen-bond acceptors (Lipinski definition) is 4. The lowest BCUT2D eigenvalue weighted by atomic mass is 10.2. The van der Waals surface area contributed by atoms with E-state index in [1.54, 1.807) is 11.0 Å². The molecule has 2 heterocycles. The molecule has 0 aromatic carbocycles. The van der Waals surface area contributed by atoms with E-state index < -0.39 is 0 Å². The maximum absolute atomic E-state index is 12.0. The minimum absolute atomic E-state index is 0.120. The quantitative estimate of drug-likeness (QED) is 0.760. The van der Waals surface area contributed by atoms with Crippen LogP contribution in [0.25, 0.3) is 0 Å². The average Bonchev–Trinajstić information content (AvgIpc) is 2.77. The van der Waals surface area contributed by atoms with Gasteiger partial charge in [-0.15, -0.1) is 0 Å². The van der Waals surface area contributed by atoms with Crippen LogP contribution in [-0.4, -0.2) is 50.9 Å². The molecule has 0 unspecified atom stereocenters. The van der Waals surface area contributed by atoms with E-state index in [9.17, 15) is 4.79 Å². The molecule has 94 valence electrons. The summed E-state index contributed by atoms with van der Waals surface area (Å²) in [5, 5.41) is 3.97. The second kappa shape index (κ2) is 5.27. The number of carbonyl (C=O) groups excluding carboxylic acids is 1. The molecule has 1 saturated heterocycles. The first kappa shape index (κ1) is 12.0. The van der Waals surface area contributed by atoms with Crippen molar-refractivity contribution in [2.45, 2.75) is 39.0 Å². The van der Waals surface area contributed by atoms with Crippen LogP contribution in [-0.2, 0) is 16.1 Å². The van der Waals surface area contributed by atoms with Crippen LogP contribution >= 0.6 is 0 Å². The fourth-order valence-corrected chi connectivity index (χ4v) is 2.10. The molecule has 0 aliphatic carbocycles. The van der Waals surface area contributed by atoms with E-state index in [-0.39, 0.29) is 18.1 Å². The third kappa shape index (κ3) is 3.26. The Bertz CT molecular complexity index is 356. The predicted octanol–water partition coefficient (Wildman–Crippen LogP) is 0.304. The number of amides is 1. The second-order valence-corrected chi connectivity index (χ2v) is 4.46. The largest absolute Gasteiger partial charge is 0.372 e. The lowest BCUT2D eigenvalue weighted by molar-refractivity contribution is -0.143. The minimum atomic E-state index is 0.120. The zero-order chi connectivity index (χ0) is 12.3. The van der Waals surface area contributed by atoms with Gasteiger partial charge in [0.05, 0.1) is 18.8 Å². The van der Waals surface area contributed by atoms with E-state index in [4.69, 9.17) is 4.74 Å². The Kier molecular flexibility index (Phi) is 3.73. The molecule has 0 bridgehead atoms. The summed E-state index contributed by atoms with van der Waals surface area (Å²) in [5.41, 5.74) is 0. The summed E-state index contributed by atoms with van der Waals surface area (Å²) >= 11 is 0. The van der Waals surface area contributed by atoms with E-state index in [2.05, 4.69) is 10.1 Å². The molecule has 17 heavy (non-hydrogen) atoms. The molecule has 1 fully saturated rings. The Balaban J connectivity index is 1.83. The molecule has 1 aliphatic rings. The molecular weight excluding hydrogens is 220 g/mol. The van der Waals surface area contributed by atoms with Gasteiger partial charge >= 0.3 is 0 Å². The zero-order valence-corrected chi connectivity index (χ0v) is 10.2. The van der Waals surface area contributed by atoms with Crippen molar-refractivity contribution in [1.29, 1.82) is 0 Å². The topological polar surface area (TPSA) is 60.2 Å². The molecule has 1 aromatic heterocycles. The number of ether oxygens (including phenoxy) is 1. The van der Waals surface area contributed by atoms with Crippen molar-refractivity contribution in [3.05, 3.63) is 12.7 Å². The summed E-state index contributed by atoms with van der Waals surface area (Å²) < 4.78 is 7.27. The van der Waals surface area contributed by atoms with Crippen molar-refractivity contribution in [2.24, 2.45) is 0 Å².